The summed E-state index contributed by atoms with van der Waals surface area (Å²) < 4.78 is 14.1. The normalized spacial score (nSPS) is 23.4. The molecule has 5 heteroatoms. The van der Waals surface area contributed by atoms with Crippen molar-refractivity contribution in [1.82, 2.24) is 5.32 Å². The molecule has 2 rings (SSSR count). The van der Waals surface area contributed by atoms with Crippen molar-refractivity contribution in [2.24, 2.45) is 0 Å². The Morgan fingerprint density at radius 1 is 1.25 bits per heavy atom. The molecule has 112 valence electrons. The highest BCUT2D eigenvalue weighted by molar-refractivity contribution is 5.50. The molecule has 1 fully saturated rings. The van der Waals surface area contributed by atoms with Gasteiger partial charge >= 0.3 is 0 Å². The van der Waals surface area contributed by atoms with Crippen LogP contribution >= 0.6 is 0 Å². The lowest BCUT2D eigenvalue weighted by molar-refractivity contribution is 0.0572. The van der Waals surface area contributed by atoms with Gasteiger partial charge in [-0.05, 0) is 38.5 Å². The second-order valence-corrected chi connectivity index (χ2v) is 6.43. The van der Waals surface area contributed by atoms with Crippen molar-refractivity contribution < 1.29 is 14.6 Å². The van der Waals surface area contributed by atoms with E-state index >= 15 is 0 Å². The summed E-state index contributed by atoms with van der Waals surface area (Å²) in [7, 11) is 0. The van der Waals surface area contributed by atoms with E-state index in [1.165, 1.54) is 6.07 Å². The van der Waals surface area contributed by atoms with Gasteiger partial charge in [0.05, 0.1) is 17.9 Å². The predicted molar refractivity (Wildman–Crippen MR) is 77.2 cm³/mol. The summed E-state index contributed by atoms with van der Waals surface area (Å²) in [5, 5.41) is 22.4. The summed E-state index contributed by atoms with van der Waals surface area (Å²) in [6.45, 7) is 7.31. The monoisotopic (exact) mass is 282 g/mol. The van der Waals surface area contributed by atoms with Crippen molar-refractivity contribution in [1.29, 1.82) is 0 Å². The Morgan fingerprint density at radius 3 is 2.35 bits per heavy atom. The van der Waals surface area contributed by atoms with Crippen molar-refractivity contribution in [2.75, 3.05) is 18.0 Å². The Hall–Kier alpha value is -1.17. The van der Waals surface area contributed by atoms with Crippen molar-refractivity contribution in [3.05, 3.63) is 29.6 Å². The molecule has 1 heterocycles. The van der Waals surface area contributed by atoms with Crippen LogP contribution in [-0.4, -0.2) is 41.0 Å². The van der Waals surface area contributed by atoms with Gasteiger partial charge in [0, 0.05) is 25.2 Å². The molecule has 1 saturated heterocycles. The van der Waals surface area contributed by atoms with Crippen molar-refractivity contribution in [3.63, 3.8) is 0 Å². The van der Waals surface area contributed by atoms with E-state index in [-0.39, 0.29) is 24.4 Å². The summed E-state index contributed by atoms with van der Waals surface area (Å²) in [6.07, 6.45) is -1.62. The highest BCUT2D eigenvalue weighted by Crippen LogP contribution is 2.25. The van der Waals surface area contributed by atoms with Gasteiger partial charge in [-0.3, -0.25) is 0 Å². The van der Waals surface area contributed by atoms with Crippen molar-refractivity contribution >= 4 is 5.69 Å². The second kappa shape index (κ2) is 5.68. The van der Waals surface area contributed by atoms with E-state index in [4.69, 9.17) is 0 Å². The molecule has 2 atom stereocenters. The van der Waals surface area contributed by atoms with Gasteiger partial charge in [-0.25, -0.2) is 4.39 Å². The molecule has 1 aliphatic rings. The molecule has 0 spiro atoms. The third-order valence-electron chi connectivity index (χ3n) is 3.43. The second-order valence-electron chi connectivity index (χ2n) is 6.43. The minimum absolute atomic E-state index is 0.0156. The van der Waals surface area contributed by atoms with Crippen LogP contribution in [0.5, 0.6) is 0 Å². The molecular weight excluding hydrogens is 259 g/mol. The van der Waals surface area contributed by atoms with Crippen molar-refractivity contribution in [3.8, 4) is 0 Å². The van der Waals surface area contributed by atoms with Crippen LogP contribution in [0.2, 0.25) is 0 Å². The minimum Gasteiger partial charge on any atom is -0.389 e. The first-order valence-corrected chi connectivity index (χ1v) is 6.91. The van der Waals surface area contributed by atoms with E-state index in [2.05, 4.69) is 26.1 Å². The first kappa shape index (κ1) is 15.2. The molecular formula is C15H23FN2O2. The molecule has 0 bridgehead atoms. The topological polar surface area (TPSA) is 55.7 Å². The fraction of sp³-hybridized carbons (Fsp3) is 0.600. The molecule has 3 N–H and O–H groups in total. The van der Waals surface area contributed by atoms with Gasteiger partial charge in [-0.1, -0.05) is 6.07 Å². The molecule has 0 aliphatic carbocycles. The van der Waals surface area contributed by atoms with Crippen LogP contribution in [0, 0.1) is 5.82 Å². The standard InChI is InChI=1S/C15H23FN2O2/c1-15(2,3)17-7-10-4-5-12(11(16)6-10)18-8-13(19)14(20)9-18/h4-6,13-14,17,19-20H,7-9H2,1-3H3. The lowest BCUT2D eigenvalue weighted by Gasteiger charge is -2.22. The summed E-state index contributed by atoms with van der Waals surface area (Å²) in [5.74, 6) is -0.320. The summed E-state index contributed by atoms with van der Waals surface area (Å²) in [5.41, 5.74) is 1.29. The largest absolute Gasteiger partial charge is 0.389 e. The van der Waals surface area contributed by atoms with E-state index < -0.39 is 12.2 Å². The van der Waals surface area contributed by atoms with Gasteiger partial charge < -0.3 is 20.4 Å². The van der Waals surface area contributed by atoms with E-state index in [0.717, 1.165) is 5.56 Å². The molecule has 1 aromatic carbocycles. The lowest BCUT2D eigenvalue weighted by atomic mass is 10.1. The number of rotatable bonds is 3. The Labute approximate surface area is 119 Å². The highest BCUT2D eigenvalue weighted by Gasteiger charge is 2.30. The number of nitrogens with one attached hydrogen (secondary N) is 1. The van der Waals surface area contributed by atoms with Gasteiger partial charge in [0.2, 0.25) is 0 Å². The number of benzene rings is 1. The summed E-state index contributed by atoms with van der Waals surface area (Å²) in [4.78, 5) is 1.67. The number of halogens is 1. The van der Waals surface area contributed by atoms with Crippen LogP contribution < -0.4 is 10.2 Å². The van der Waals surface area contributed by atoms with Crippen LogP contribution in [0.1, 0.15) is 26.3 Å². The zero-order chi connectivity index (χ0) is 14.9. The van der Waals surface area contributed by atoms with E-state index in [9.17, 15) is 14.6 Å². The lowest BCUT2D eigenvalue weighted by Crippen LogP contribution is -2.35. The average molecular weight is 282 g/mol. The Balaban J connectivity index is 2.07. The van der Waals surface area contributed by atoms with E-state index in [0.29, 0.717) is 12.2 Å². The molecule has 20 heavy (non-hydrogen) atoms. The SMILES string of the molecule is CC(C)(C)NCc1ccc(N2CC(O)C(O)C2)c(F)c1. The smallest absolute Gasteiger partial charge is 0.146 e. The third kappa shape index (κ3) is 3.69. The molecule has 2 unspecified atom stereocenters. The molecule has 0 aromatic heterocycles. The maximum absolute atomic E-state index is 14.1. The molecule has 0 amide bonds. The van der Waals surface area contributed by atoms with Gasteiger partial charge in [-0.2, -0.15) is 0 Å². The Kier molecular flexibility index (Phi) is 4.32. The predicted octanol–water partition coefficient (Wildman–Crippen LogP) is 1.26. The number of nitrogens with zero attached hydrogens (tertiary/aromatic N) is 1. The van der Waals surface area contributed by atoms with Gasteiger partial charge in [0.25, 0.3) is 0 Å². The summed E-state index contributed by atoms with van der Waals surface area (Å²) in [6, 6.07) is 5.08. The van der Waals surface area contributed by atoms with Crippen LogP contribution in [0.3, 0.4) is 0 Å². The first-order valence-electron chi connectivity index (χ1n) is 6.91. The Morgan fingerprint density at radius 2 is 1.85 bits per heavy atom. The van der Waals surface area contributed by atoms with Crippen LogP contribution in [0.25, 0.3) is 0 Å². The maximum atomic E-state index is 14.1. The fourth-order valence-electron chi connectivity index (χ4n) is 2.25. The minimum atomic E-state index is -0.809. The summed E-state index contributed by atoms with van der Waals surface area (Å²) >= 11 is 0. The van der Waals surface area contributed by atoms with E-state index in [1.807, 2.05) is 6.07 Å². The fourth-order valence-corrected chi connectivity index (χ4v) is 2.25. The highest BCUT2D eigenvalue weighted by atomic mass is 19.1. The number of aliphatic hydroxyl groups is 2. The number of hydrogen-bond acceptors (Lipinski definition) is 4. The molecule has 0 radical (unpaired) electrons. The van der Waals surface area contributed by atoms with Crippen LogP contribution in [0.4, 0.5) is 10.1 Å². The van der Waals surface area contributed by atoms with Crippen LogP contribution in [-0.2, 0) is 6.54 Å². The van der Waals surface area contributed by atoms with Gasteiger partial charge in [0.15, 0.2) is 0 Å². The zero-order valence-corrected chi connectivity index (χ0v) is 12.2. The molecule has 1 aromatic rings. The number of β-amino-alcohol motifs (C(OH)–C–C–N with tert-alkyl or cyclic N) is 2. The van der Waals surface area contributed by atoms with Crippen LogP contribution in [0.15, 0.2) is 18.2 Å². The average Bonchev–Trinajstić information content (AvgIpc) is 2.66. The number of aliphatic hydroxyl groups excluding tert-OH is 2. The van der Waals surface area contributed by atoms with Gasteiger partial charge in [-0.15, -0.1) is 0 Å². The number of hydrogen-bond donors (Lipinski definition) is 3. The van der Waals surface area contributed by atoms with E-state index in [1.54, 1.807) is 11.0 Å². The third-order valence-corrected chi connectivity index (χ3v) is 3.43. The molecule has 0 saturated carbocycles. The Bertz CT molecular complexity index is 463. The molecule has 1 aliphatic heterocycles. The number of anilines is 1. The maximum Gasteiger partial charge on any atom is 0.146 e. The molecule has 4 nitrogen and oxygen atoms in total. The zero-order valence-electron chi connectivity index (χ0n) is 12.2. The van der Waals surface area contributed by atoms with Crippen molar-refractivity contribution in [2.45, 2.75) is 45.1 Å². The van der Waals surface area contributed by atoms with Gasteiger partial charge in [0.1, 0.15) is 5.82 Å². The quantitative estimate of drug-likeness (QED) is 0.781. The first-order chi connectivity index (χ1) is 9.26.